The van der Waals surface area contributed by atoms with Gasteiger partial charge in [0, 0.05) is 22.9 Å². The monoisotopic (exact) mass is 476 g/mol. The van der Waals surface area contributed by atoms with Crippen molar-refractivity contribution in [3.8, 4) is 11.4 Å². The standard InChI is InChI=1S/C33H24N4/c1-2-32-34-26-20-23(36-27-16-8-6-14-24(27)25-15-7-9-17-28(25)36)21-31-33(26)37(32)30-19-11-10-18-29(30)35(31)22-12-4-3-5-13-22/h3-21H,2H2,1H3. The van der Waals surface area contributed by atoms with Crippen LogP contribution < -0.4 is 4.90 Å². The average Bonchev–Trinajstić information content (AvgIpc) is 3.50. The lowest BCUT2D eigenvalue weighted by molar-refractivity contribution is 0.900. The molecule has 0 bridgehead atoms. The lowest BCUT2D eigenvalue weighted by Crippen LogP contribution is -2.19. The summed E-state index contributed by atoms with van der Waals surface area (Å²) >= 11 is 0. The molecule has 4 heteroatoms. The molecule has 0 spiro atoms. The van der Waals surface area contributed by atoms with Gasteiger partial charge in [0.2, 0.25) is 0 Å². The van der Waals surface area contributed by atoms with Gasteiger partial charge in [0.25, 0.3) is 0 Å². The topological polar surface area (TPSA) is 26.0 Å². The molecule has 1 aliphatic rings. The van der Waals surface area contributed by atoms with Crippen molar-refractivity contribution >= 4 is 49.9 Å². The smallest absolute Gasteiger partial charge is 0.114 e. The van der Waals surface area contributed by atoms with Crippen molar-refractivity contribution in [2.45, 2.75) is 13.3 Å². The highest BCUT2D eigenvalue weighted by molar-refractivity contribution is 6.10. The van der Waals surface area contributed by atoms with Gasteiger partial charge in [-0.3, -0.25) is 4.57 Å². The third-order valence-electron chi connectivity index (χ3n) is 7.56. The van der Waals surface area contributed by atoms with Crippen LogP contribution in [0.25, 0.3) is 44.2 Å². The number of anilines is 3. The molecule has 176 valence electrons. The number of benzene rings is 5. The van der Waals surface area contributed by atoms with E-state index in [9.17, 15) is 0 Å². The minimum Gasteiger partial charge on any atom is -0.309 e. The van der Waals surface area contributed by atoms with Crippen LogP contribution in [0, 0.1) is 0 Å². The number of hydrogen-bond acceptors (Lipinski definition) is 2. The summed E-state index contributed by atoms with van der Waals surface area (Å²) in [5, 5.41) is 2.52. The largest absolute Gasteiger partial charge is 0.309 e. The third kappa shape index (κ3) is 2.75. The molecule has 0 radical (unpaired) electrons. The molecule has 0 saturated carbocycles. The Kier molecular flexibility index (Phi) is 4.17. The van der Waals surface area contributed by atoms with Crippen LogP contribution in [0.15, 0.2) is 115 Å². The Morgan fingerprint density at radius 1 is 0.568 bits per heavy atom. The molecule has 0 unspecified atom stereocenters. The van der Waals surface area contributed by atoms with E-state index in [1.165, 1.54) is 27.5 Å². The van der Waals surface area contributed by atoms with E-state index >= 15 is 0 Å². The quantitative estimate of drug-likeness (QED) is 0.256. The van der Waals surface area contributed by atoms with Crippen molar-refractivity contribution in [2.24, 2.45) is 0 Å². The maximum atomic E-state index is 5.18. The third-order valence-corrected chi connectivity index (χ3v) is 7.56. The van der Waals surface area contributed by atoms with Gasteiger partial charge in [0.05, 0.1) is 44.8 Å². The second kappa shape index (κ2) is 7.58. The minimum atomic E-state index is 0.860. The van der Waals surface area contributed by atoms with Gasteiger partial charge in [-0.2, -0.15) is 0 Å². The zero-order valence-corrected chi connectivity index (χ0v) is 20.5. The van der Waals surface area contributed by atoms with Crippen molar-refractivity contribution in [1.82, 2.24) is 14.1 Å². The van der Waals surface area contributed by atoms with Gasteiger partial charge in [0.1, 0.15) is 5.82 Å². The highest BCUT2D eigenvalue weighted by atomic mass is 15.2. The zero-order valence-electron chi connectivity index (χ0n) is 20.5. The second-order valence-corrected chi connectivity index (χ2v) is 9.58. The van der Waals surface area contributed by atoms with E-state index in [0.29, 0.717) is 0 Å². The number of nitrogens with zero attached hydrogens (tertiary/aromatic N) is 4. The van der Waals surface area contributed by atoms with Crippen LogP contribution in [-0.2, 0) is 6.42 Å². The Labute approximate surface area is 214 Å². The fourth-order valence-corrected chi connectivity index (χ4v) is 6.05. The zero-order chi connectivity index (χ0) is 24.5. The fourth-order valence-electron chi connectivity index (χ4n) is 6.05. The van der Waals surface area contributed by atoms with E-state index < -0.39 is 0 Å². The molecule has 0 atom stereocenters. The summed E-state index contributed by atoms with van der Waals surface area (Å²) in [4.78, 5) is 7.57. The highest BCUT2D eigenvalue weighted by Gasteiger charge is 2.29. The van der Waals surface area contributed by atoms with Crippen LogP contribution in [0.4, 0.5) is 17.1 Å². The molecule has 0 aliphatic carbocycles. The number of fused-ring (bicyclic) bond motifs is 5. The molecule has 3 heterocycles. The Bertz CT molecular complexity index is 1920. The fraction of sp³-hybridized carbons (Fsp3) is 0.0606. The van der Waals surface area contributed by atoms with Gasteiger partial charge in [-0.05, 0) is 48.5 Å². The molecule has 4 nitrogen and oxygen atoms in total. The molecule has 0 N–H and O–H groups in total. The molecule has 0 fully saturated rings. The van der Waals surface area contributed by atoms with Crippen molar-refractivity contribution in [2.75, 3.05) is 4.90 Å². The van der Waals surface area contributed by atoms with Gasteiger partial charge in [-0.25, -0.2) is 4.98 Å². The lowest BCUT2D eigenvalue weighted by atomic mass is 10.1. The molecule has 0 saturated heterocycles. The highest BCUT2D eigenvalue weighted by Crippen LogP contribution is 2.48. The average molecular weight is 477 g/mol. The van der Waals surface area contributed by atoms with Gasteiger partial charge >= 0.3 is 0 Å². The maximum Gasteiger partial charge on any atom is 0.114 e. The van der Waals surface area contributed by atoms with Crippen LogP contribution in [-0.4, -0.2) is 14.1 Å². The van der Waals surface area contributed by atoms with Crippen molar-refractivity contribution in [3.05, 3.63) is 121 Å². The molecular formula is C33H24N4. The summed E-state index contributed by atoms with van der Waals surface area (Å²) < 4.78 is 4.74. The summed E-state index contributed by atoms with van der Waals surface area (Å²) in [7, 11) is 0. The first-order valence-corrected chi connectivity index (χ1v) is 12.8. The predicted octanol–water partition coefficient (Wildman–Crippen LogP) is 8.47. The molecule has 1 aliphatic heterocycles. The number of hydrogen-bond donors (Lipinski definition) is 0. The summed E-state index contributed by atoms with van der Waals surface area (Å²) in [5.41, 5.74) is 10.3. The minimum absolute atomic E-state index is 0.860. The first kappa shape index (κ1) is 20.4. The van der Waals surface area contributed by atoms with Crippen LogP contribution in [0.2, 0.25) is 0 Å². The maximum absolute atomic E-state index is 5.18. The SMILES string of the molecule is CCc1nc2cc(-n3c4ccccc4c4ccccc43)cc3c2n1-c1ccccc1N3c1ccccc1. The summed E-state index contributed by atoms with van der Waals surface area (Å²) in [5.74, 6) is 1.08. The molecule has 5 aromatic carbocycles. The van der Waals surface area contributed by atoms with E-state index in [1.54, 1.807) is 0 Å². The van der Waals surface area contributed by atoms with Crippen LogP contribution in [0.1, 0.15) is 12.7 Å². The van der Waals surface area contributed by atoms with Gasteiger partial charge in [0.15, 0.2) is 0 Å². The van der Waals surface area contributed by atoms with Crippen LogP contribution in [0.3, 0.4) is 0 Å². The molecule has 8 rings (SSSR count). The lowest BCUT2D eigenvalue weighted by Gasteiger charge is -2.33. The van der Waals surface area contributed by atoms with Gasteiger partial charge in [-0.1, -0.05) is 73.7 Å². The normalized spacial score (nSPS) is 12.5. The number of rotatable bonds is 3. The predicted molar refractivity (Wildman–Crippen MR) is 153 cm³/mol. The van der Waals surface area contributed by atoms with Crippen molar-refractivity contribution < 1.29 is 0 Å². The number of para-hydroxylation sites is 5. The molecule has 2 aromatic heterocycles. The Hall–Kier alpha value is -4.83. The van der Waals surface area contributed by atoms with E-state index in [1.807, 2.05) is 0 Å². The first-order valence-electron chi connectivity index (χ1n) is 12.8. The summed E-state index contributed by atoms with van der Waals surface area (Å²) in [6, 6.07) is 41.2. The number of aromatic nitrogens is 3. The second-order valence-electron chi connectivity index (χ2n) is 9.58. The molecule has 0 amide bonds. The first-order chi connectivity index (χ1) is 18.3. The summed E-state index contributed by atoms with van der Waals surface area (Å²) in [6.45, 7) is 2.18. The molecule has 37 heavy (non-hydrogen) atoms. The van der Waals surface area contributed by atoms with Crippen molar-refractivity contribution in [3.63, 3.8) is 0 Å². The van der Waals surface area contributed by atoms with E-state index in [-0.39, 0.29) is 0 Å². The molecule has 7 aromatic rings. The molecular weight excluding hydrogens is 452 g/mol. The van der Waals surface area contributed by atoms with E-state index in [2.05, 4.69) is 136 Å². The Balaban J connectivity index is 1.52. The van der Waals surface area contributed by atoms with Crippen molar-refractivity contribution in [1.29, 1.82) is 0 Å². The van der Waals surface area contributed by atoms with E-state index in [0.717, 1.165) is 46.0 Å². The Morgan fingerprint density at radius 3 is 1.89 bits per heavy atom. The summed E-state index contributed by atoms with van der Waals surface area (Å²) in [6.07, 6.45) is 0.860. The van der Waals surface area contributed by atoms with Crippen LogP contribution in [0.5, 0.6) is 0 Å². The van der Waals surface area contributed by atoms with Gasteiger partial charge in [-0.15, -0.1) is 0 Å². The van der Waals surface area contributed by atoms with Crippen LogP contribution >= 0.6 is 0 Å². The number of imidazole rings is 1. The van der Waals surface area contributed by atoms with E-state index in [4.69, 9.17) is 4.98 Å². The number of aryl methyl sites for hydroxylation is 1. The Morgan fingerprint density at radius 2 is 1.19 bits per heavy atom. The van der Waals surface area contributed by atoms with Gasteiger partial charge < -0.3 is 9.47 Å².